The van der Waals surface area contributed by atoms with E-state index in [1.165, 1.54) is 38.8 Å². The van der Waals surface area contributed by atoms with Crippen LogP contribution in [0.2, 0.25) is 0 Å². The van der Waals surface area contributed by atoms with Gasteiger partial charge >= 0.3 is 0 Å². The molecule has 0 aromatic heterocycles. The van der Waals surface area contributed by atoms with Crippen molar-refractivity contribution >= 4 is 0 Å². The number of hydrogen-bond acceptors (Lipinski definition) is 1. The van der Waals surface area contributed by atoms with Crippen LogP contribution in [0, 0.1) is 29.1 Å². The van der Waals surface area contributed by atoms with Crippen molar-refractivity contribution in [1.29, 1.82) is 0 Å². The lowest BCUT2D eigenvalue weighted by Crippen LogP contribution is -2.52. The monoisotopic (exact) mass is 207 g/mol. The summed E-state index contributed by atoms with van der Waals surface area (Å²) >= 11 is 0. The predicted octanol–water partition coefficient (Wildman–Crippen LogP) is 3.06. The van der Waals surface area contributed by atoms with E-state index in [0.717, 1.165) is 23.7 Å². The molecule has 4 unspecified atom stereocenters. The molecule has 1 nitrogen and oxygen atoms in total. The van der Waals surface area contributed by atoms with E-state index < -0.39 is 0 Å². The molecule has 86 valence electrons. The summed E-state index contributed by atoms with van der Waals surface area (Å²) in [7, 11) is 0. The number of fused-ring (bicyclic) bond motifs is 2. The van der Waals surface area contributed by atoms with Gasteiger partial charge in [0.2, 0.25) is 0 Å². The van der Waals surface area contributed by atoms with Crippen molar-refractivity contribution in [3.05, 3.63) is 0 Å². The van der Waals surface area contributed by atoms with Crippen molar-refractivity contribution in [3.8, 4) is 0 Å². The zero-order chi connectivity index (χ0) is 10.5. The molecule has 1 aliphatic heterocycles. The Hall–Kier alpha value is -0.0400. The quantitative estimate of drug-likeness (QED) is 0.734. The van der Waals surface area contributed by atoms with Gasteiger partial charge in [-0.25, -0.2) is 0 Å². The molecule has 4 aliphatic rings. The van der Waals surface area contributed by atoms with E-state index in [1.54, 1.807) is 6.42 Å². The van der Waals surface area contributed by atoms with Gasteiger partial charge in [-0.05, 0) is 74.3 Å². The van der Waals surface area contributed by atoms with Gasteiger partial charge < -0.3 is 5.32 Å². The molecule has 1 heteroatoms. The fourth-order valence-corrected chi connectivity index (χ4v) is 4.59. The fraction of sp³-hybridized carbons (Fsp3) is 1.00. The van der Waals surface area contributed by atoms with E-state index >= 15 is 0 Å². The van der Waals surface area contributed by atoms with Crippen molar-refractivity contribution in [2.45, 2.75) is 46.0 Å². The third-order valence-corrected chi connectivity index (χ3v) is 5.80. The maximum absolute atomic E-state index is 3.51. The Bertz CT molecular complexity index is 238. The van der Waals surface area contributed by atoms with Crippen molar-refractivity contribution in [2.24, 2.45) is 29.1 Å². The van der Waals surface area contributed by atoms with Crippen LogP contribution in [-0.4, -0.2) is 13.1 Å². The van der Waals surface area contributed by atoms with Crippen molar-refractivity contribution < 1.29 is 0 Å². The second kappa shape index (κ2) is 3.48. The molecule has 2 bridgehead atoms. The Balaban J connectivity index is 1.61. The molecule has 3 aliphatic carbocycles. The molecule has 15 heavy (non-hydrogen) atoms. The van der Waals surface area contributed by atoms with Crippen LogP contribution < -0.4 is 5.32 Å². The van der Waals surface area contributed by atoms with E-state index in [9.17, 15) is 0 Å². The van der Waals surface area contributed by atoms with Crippen LogP contribution in [-0.2, 0) is 0 Å². The first-order valence-electron chi connectivity index (χ1n) is 6.88. The fourth-order valence-electron chi connectivity index (χ4n) is 4.59. The summed E-state index contributed by atoms with van der Waals surface area (Å²) < 4.78 is 0. The van der Waals surface area contributed by atoms with Crippen molar-refractivity contribution in [2.75, 3.05) is 13.1 Å². The summed E-state index contributed by atoms with van der Waals surface area (Å²) in [6, 6.07) is 0. The van der Waals surface area contributed by atoms with Crippen LogP contribution in [0.4, 0.5) is 0 Å². The molecule has 1 heterocycles. The van der Waals surface area contributed by atoms with Gasteiger partial charge in [0.15, 0.2) is 0 Å². The van der Waals surface area contributed by atoms with Gasteiger partial charge in [-0.15, -0.1) is 0 Å². The second-order valence-corrected chi connectivity index (χ2v) is 6.79. The molecule has 4 fully saturated rings. The summed E-state index contributed by atoms with van der Waals surface area (Å²) in [5, 5.41) is 3.51. The molecule has 0 amide bonds. The molecule has 0 aromatic rings. The first-order valence-corrected chi connectivity index (χ1v) is 6.88. The zero-order valence-electron chi connectivity index (χ0n) is 10.3. The Kier molecular flexibility index (Phi) is 2.35. The van der Waals surface area contributed by atoms with Crippen LogP contribution >= 0.6 is 0 Å². The minimum Gasteiger partial charge on any atom is -0.316 e. The highest BCUT2D eigenvalue weighted by molar-refractivity contribution is 5.03. The van der Waals surface area contributed by atoms with Crippen LogP contribution in [0.5, 0.6) is 0 Å². The largest absolute Gasteiger partial charge is 0.316 e. The topological polar surface area (TPSA) is 12.0 Å². The smallest absolute Gasteiger partial charge is 0.00199 e. The summed E-state index contributed by atoms with van der Waals surface area (Å²) in [5.41, 5.74) is 0.689. The van der Waals surface area contributed by atoms with E-state index in [-0.39, 0.29) is 0 Å². The van der Waals surface area contributed by atoms with Crippen LogP contribution in [0.3, 0.4) is 0 Å². The normalized spacial score (nSPS) is 47.6. The first kappa shape index (κ1) is 10.1. The van der Waals surface area contributed by atoms with E-state index in [2.05, 4.69) is 19.2 Å². The number of nitrogens with one attached hydrogen (secondary N) is 1. The maximum atomic E-state index is 3.51. The van der Waals surface area contributed by atoms with Gasteiger partial charge in [0.25, 0.3) is 0 Å². The minimum absolute atomic E-state index is 0.689. The Morgan fingerprint density at radius 1 is 1.20 bits per heavy atom. The van der Waals surface area contributed by atoms with Gasteiger partial charge in [-0.3, -0.25) is 0 Å². The molecular weight excluding hydrogens is 182 g/mol. The van der Waals surface area contributed by atoms with E-state index in [1.807, 2.05) is 0 Å². The highest BCUT2D eigenvalue weighted by Gasteiger charge is 2.54. The van der Waals surface area contributed by atoms with Crippen molar-refractivity contribution in [1.82, 2.24) is 5.32 Å². The van der Waals surface area contributed by atoms with E-state index in [0.29, 0.717) is 5.41 Å². The Morgan fingerprint density at radius 2 is 2.07 bits per heavy atom. The number of hydrogen-bond donors (Lipinski definition) is 1. The van der Waals surface area contributed by atoms with Gasteiger partial charge in [0, 0.05) is 0 Å². The Labute approximate surface area is 94.0 Å². The summed E-state index contributed by atoms with van der Waals surface area (Å²) in [6.45, 7) is 7.61. The summed E-state index contributed by atoms with van der Waals surface area (Å²) in [5.74, 6) is 4.20. The zero-order valence-corrected chi connectivity index (χ0v) is 10.3. The molecule has 0 radical (unpaired) electrons. The molecule has 0 spiro atoms. The average Bonchev–Trinajstić information content (AvgIpc) is 2.70. The SMILES string of the molecule is CC1(C)C2CCC(CC3CCNC3)C1C2. The van der Waals surface area contributed by atoms with Crippen LogP contribution in [0.25, 0.3) is 0 Å². The van der Waals surface area contributed by atoms with Gasteiger partial charge in [0.05, 0.1) is 0 Å². The Morgan fingerprint density at radius 3 is 2.67 bits per heavy atom. The number of rotatable bonds is 2. The average molecular weight is 207 g/mol. The molecule has 1 saturated heterocycles. The highest BCUT2D eigenvalue weighted by Crippen LogP contribution is 2.62. The van der Waals surface area contributed by atoms with E-state index in [4.69, 9.17) is 0 Å². The lowest BCUT2D eigenvalue weighted by molar-refractivity contribution is -0.109. The minimum atomic E-state index is 0.689. The lowest BCUT2D eigenvalue weighted by atomic mass is 9.45. The van der Waals surface area contributed by atoms with Crippen LogP contribution in [0.1, 0.15) is 46.0 Å². The maximum Gasteiger partial charge on any atom is -0.00199 e. The third kappa shape index (κ3) is 1.54. The molecule has 4 rings (SSSR count). The second-order valence-electron chi connectivity index (χ2n) is 6.79. The molecule has 3 saturated carbocycles. The molecular formula is C14H25N. The lowest BCUT2D eigenvalue weighted by Gasteiger charge is -2.60. The van der Waals surface area contributed by atoms with Crippen LogP contribution in [0.15, 0.2) is 0 Å². The van der Waals surface area contributed by atoms with Gasteiger partial charge in [-0.1, -0.05) is 13.8 Å². The highest BCUT2D eigenvalue weighted by atomic mass is 14.9. The molecule has 1 N–H and O–H groups in total. The summed E-state index contributed by atoms with van der Waals surface area (Å²) in [6.07, 6.45) is 7.57. The molecule has 0 aromatic carbocycles. The first-order chi connectivity index (χ1) is 7.18. The van der Waals surface area contributed by atoms with Gasteiger partial charge in [0.1, 0.15) is 0 Å². The summed E-state index contributed by atoms with van der Waals surface area (Å²) in [4.78, 5) is 0. The molecule has 4 atom stereocenters. The van der Waals surface area contributed by atoms with Gasteiger partial charge in [-0.2, -0.15) is 0 Å². The third-order valence-electron chi connectivity index (χ3n) is 5.80. The predicted molar refractivity (Wildman–Crippen MR) is 63.7 cm³/mol. The van der Waals surface area contributed by atoms with Crippen molar-refractivity contribution in [3.63, 3.8) is 0 Å². The standard InChI is InChI=1S/C14H25N/c1-14(2)12-4-3-11(13(14)8-12)7-10-5-6-15-9-10/h10-13,15H,3-9H2,1-2H3.